The van der Waals surface area contributed by atoms with E-state index in [1.165, 1.54) is 6.42 Å². The summed E-state index contributed by atoms with van der Waals surface area (Å²) in [7, 11) is 0. The van der Waals surface area contributed by atoms with E-state index in [4.69, 9.17) is 11.6 Å². The Morgan fingerprint density at radius 3 is 2.56 bits per heavy atom. The van der Waals surface area contributed by atoms with Crippen LogP contribution >= 0.6 is 11.6 Å². The molecule has 1 fully saturated rings. The van der Waals surface area contributed by atoms with Gasteiger partial charge in [-0.15, -0.1) is 0 Å². The van der Waals surface area contributed by atoms with E-state index in [0.29, 0.717) is 5.92 Å². The van der Waals surface area contributed by atoms with Crippen molar-refractivity contribution in [1.82, 2.24) is 9.97 Å². The van der Waals surface area contributed by atoms with Crippen molar-refractivity contribution in [2.45, 2.75) is 38.4 Å². The molecule has 1 aliphatic rings. The number of halogens is 4. The summed E-state index contributed by atoms with van der Waals surface area (Å²) in [5.74, 6) is 0.620. The van der Waals surface area contributed by atoms with Crippen LogP contribution in [0.2, 0.25) is 5.28 Å². The monoisotopic (exact) mass is 279 g/mol. The second kappa shape index (κ2) is 4.91. The van der Waals surface area contributed by atoms with Gasteiger partial charge in [0.1, 0.15) is 5.82 Å². The molecular weight excluding hydrogens is 267 g/mol. The summed E-state index contributed by atoms with van der Waals surface area (Å²) in [6, 6.07) is 0.979. The number of nitrogens with one attached hydrogen (secondary N) is 1. The minimum atomic E-state index is -4.51. The van der Waals surface area contributed by atoms with E-state index in [2.05, 4.69) is 15.3 Å². The minimum absolute atomic E-state index is 0.0887. The van der Waals surface area contributed by atoms with Crippen LogP contribution in [0.25, 0.3) is 0 Å². The molecule has 1 aromatic rings. The lowest BCUT2D eigenvalue weighted by Crippen LogP contribution is -2.31. The van der Waals surface area contributed by atoms with Gasteiger partial charge in [0.05, 0.1) is 0 Å². The fraction of sp³-hybridized carbons (Fsp3) is 0.636. The normalized spacial score (nSPS) is 18.3. The van der Waals surface area contributed by atoms with E-state index in [1.54, 1.807) is 0 Å². The molecule has 0 bridgehead atoms. The molecule has 1 aliphatic carbocycles. The topological polar surface area (TPSA) is 37.8 Å². The zero-order valence-electron chi connectivity index (χ0n) is 9.76. The number of aromatic nitrogens is 2. The van der Waals surface area contributed by atoms with Gasteiger partial charge < -0.3 is 5.32 Å². The first-order chi connectivity index (χ1) is 8.36. The van der Waals surface area contributed by atoms with Gasteiger partial charge in [-0.1, -0.05) is 6.42 Å². The highest BCUT2D eigenvalue weighted by Crippen LogP contribution is 2.32. The Balaban J connectivity index is 2.14. The van der Waals surface area contributed by atoms with E-state index in [0.717, 1.165) is 18.9 Å². The van der Waals surface area contributed by atoms with Gasteiger partial charge in [-0.3, -0.25) is 0 Å². The van der Waals surface area contributed by atoms with Crippen molar-refractivity contribution in [3.8, 4) is 0 Å². The fourth-order valence-electron chi connectivity index (χ4n) is 1.93. The number of anilines is 1. The molecule has 2 rings (SSSR count). The van der Waals surface area contributed by atoms with Gasteiger partial charge in [0.2, 0.25) is 5.28 Å². The lowest BCUT2D eigenvalue weighted by atomic mass is 9.80. The number of hydrogen-bond acceptors (Lipinski definition) is 3. The van der Waals surface area contributed by atoms with Crippen LogP contribution in [0.15, 0.2) is 6.07 Å². The van der Waals surface area contributed by atoms with Crippen molar-refractivity contribution >= 4 is 17.4 Å². The van der Waals surface area contributed by atoms with E-state index in [-0.39, 0.29) is 11.9 Å². The molecule has 1 unspecified atom stereocenters. The van der Waals surface area contributed by atoms with E-state index < -0.39 is 17.2 Å². The Kier molecular flexibility index (Phi) is 3.66. The maximum Gasteiger partial charge on any atom is 0.433 e. The maximum atomic E-state index is 12.5. The Labute approximate surface area is 108 Å². The average molecular weight is 280 g/mol. The molecule has 0 aliphatic heterocycles. The molecule has 1 heterocycles. The molecule has 100 valence electrons. The number of rotatable bonds is 3. The fourth-order valence-corrected chi connectivity index (χ4v) is 2.11. The van der Waals surface area contributed by atoms with Crippen molar-refractivity contribution in [2.75, 3.05) is 5.32 Å². The molecular formula is C11H13ClF3N3. The number of hydrogen-bond donors (Lipinski definition) is 1. The predicted octanol–water partition coefficient (Wildman–Crippen LogP) is 3.75. The second-order valence-electron chi connectivity index (χ2n) is 4.53. The lowest BCUT2D eigenvalue weighted by Gasteiger charge is -2.32. The van der Waals surface area contributed by atoms with E-state index in [9.17, 15) is 13.2 Å². The summed E-state index contributed by atoms with van der Waals surface area (Å²) in [6.45, 7) is 1.94. The van der Waals surface area contributed by atoms with Crippen LogP contribution in [0.1, 0.15) is 31.9 Å². The average Bonchev–Trinajstić information content (AvgIpc) is 2.11. The zero-order valence-corrected chi connectivity index (χ0v) is 10.5. The Morgan fingerprint density at radius 1 is 1.39 bits per heavy atom. The van der Waals surface area contributed by atoms with Crippen molar-refractivity contribution in [1.29, 1.82) is 0 Å². The van der Waals surface area contributed by atoms with Crippen molar-refractivity contribution in [3.05, 3.63) is 17.0 Å². The Hall–Kier alpha value is -1.04. The highest BCUT2D eigenvalue weighted by Gasteiger charge is 2.34. The summed E-state index contributed by atoms with van der Waals surface area (Å²) in [4.78, 5) is 6.95. The predicted molar refractivity (Wildman–Crippen MR) is 62.5 cm³/mol. The van der Waals surface area contributed by atoms with Crippen LogP contribution in [-0.2, 0) is 6.18 Å². The summed E-state index contributed by atoms with van der Waals surface area (Å²) in [5.41, 5.74) is -1.02. The van der Waals surface area contributed by atoms with Crippen molar-refractivity contribution < 1.29 is 13.2 Å². The van der Waals surface area contributed by atoms with Crippen molar-refractivity contribution in [2.24, 2.45) is 5.92 Å². The number of nitrogens with zero attached hydrogens (tertiary/aromatic N) is 2. The standard InChI is InChI=1S/C11H13ClF3N3/c1-6(7-3-2-4-7)16-9-5-8(11(13,14)15)17-10(12)18-9/h5-7H,2-4H2,1H3,(H,16,17,18). The molecule has 7 heteroatoms. The SMILES string of the molecule is CC(Nc1cc(C(F)(F)F)nc(Cl)n1)C1CCC1. The van der Waals surface area contributed by atoms with Gasteiger partial charge in [0.15, 0.2) is 5.69 Å². The van der Waals surface area contributed by atoms with Gasteiger partial charge >= 0.3 is 6.18 Å². The first-order valence-electron chi connectivity index (χ1n) is 5.74. The van der Waals surface area contributed by atoms with Crippen LogP contribution in [0.3, 0.4) is 0 Å². The molecule has 0 aromatic carbocycles. The molecule has 1 saturated carbocycles. The molecule has 1 atom stereocenters. The van der Waals surface area contributed by atoms with Crippen molar-refractivity contribution in [3.63, 3.8) is 0 Å². The Morgan fingerprint density at radius 2 is 2.06 bits per heavy atom. The zero-order chi connectivity index (χ0) is 13.3. The van der Waals surface area contributed by atoms with Gasteiger partial charge in [0, 0.05) is 12.1 Å². The first-order valence-corrected chi connectivity index (χ1v) is 6.12. The lowest BCUT2D eigenvalue weighted by molar-refractivity contribution is -0.141. The Bertz CT molecular complexity index is 432. The maximum absolute atomic E-state index is 12.5. The van der Waals surface area contributed by atoms with Crippen LogP contribution in [0.5, 0.6) is 0 Å². The molecule has 18 heavy (non-hydrogen) atoms. The molecule has 0 radical (unpaired) electrons. The highest BCUT2D eigenvalue weighted by atomic mass is 35.5. The van der Waals surface area contributed by atoms with Crippen LogP contribution < -0.4 is 5.32 Å². The molecule has 0 amide bonds. The summed E-state index contributed by atoms with van der Waals surface area (Å²) in [5, 5.41) is 2.57. The summed E-state index contributed by atoms with van der Waals surface area (Å²) >= 11 is 5.50. The quantitative estimate of drug-likeness (QED) is 0.856. The first kappa shape index (κ1) is 13.4. The van der Waals surface area contributed by atoms with Crippen LogP contribution in [-0.4, -0.2) is 16.0 Å². The summed E-state index contributed by atoms with van der Waals surface area (Å²) < 4.78 is 37.6. The molecule has 1 N–H and O–H groups in total. The number of alkyl halides is 3. The summed E-state index contributed by atoms with van der Waals surface area (Å²) in [6.07, 6.45) is -1.14. The van der Waals surface area contributed by atoms with Gasteiger partial charge in [-0.25, -0.2) is 9.97 Å². The van der Waals surface area contributed by atoms with Gasteiger partial charge in [0.25, 0.3) is 0 Å². The smallest absolute Gasteiger partial charge is 0.367 e. The third kappa shape index (κ3) is 3.04. The second-order valence-corrected chi connectivity index (χ2v) is 4.87. The van der Waals surface area contributed by atoms with E-state index in [1.807, 2.05) is 6.92 Å². The third-order valence-corrected chi connectivity index (χ3v) is 3.39. The van der Waals surface area contributed by atoms with E-state index >= 15 is 0 Å². The van der Waals surface area contributed by atoms with Crippen LogP contribution in [0, 0.1) is 5.92 Å². The van der Waals surface area contributed by atoms with Gasteiger partial charge in [-0.05, 0) is 37.3 Å². The highest BCUT2D eigenvalue weighted by molar-refractivity contribution is 6.28. The molecule has 3 nitrogen and oxygen atoms in total. The largest absolute Gasteiger partial charge is 0.433 e. The molecule has 0 spiro atoms. The molecule has 0 saturated heterocycles. The molecule has 1 aromatic heterocycles. The third-order valence-electron chi connectivity index (χ3n) is 3.22. The minimum Gasteiger partial charge on any atom is -0.367 e. The van der Waals surface area contributed by atoms with Gasteiger partial charge in [-0.2, -0.15) is 13.2 Å². The van der Waals surface area contributed by atoms with Crippen LogP contribution in [0.4, 0.5) is 19.0 Å².